The van der Waals surface area contributed by atoms with Crippen LogP contribution in [0.4, 0.5) is 0 Å². The molecule has 0 unspecified atom stereocenters. The molecule has 1 saturated heterocycles. The molecule has 4 rings (SSSR count). The molecule has 190 valence electrons. The van der Waals surface area contributed by atoms with Crippen LogP contribution in [0.15, 0.2) is 72.8 Å². The van der Waals surface area contributed by atoms with Crippen LogP contribution in [0, 0.1) is 12.8 Å². The van der Waals surface area contributed by atoms with Crippen molar-refractivity contribution in [3.63, 3.8) is 0 Å². The number of amides is 1. The van der Waals surface area contributed by atoms with Crippen molar-refractivity contribution in [2.24, 2.45) is 5.92 Å². The zero-order valence-electron chi connectivity index (χ0n) is 22.1. The van der Waals surface area contributed by atoms with Gasteiger partial charge in [0.05, 0.1) is 14.2 Å². The van der Waals surface area contributed by atoms with Crippen LogP contribution < -0.4 is 9.47 Å². The predicted molar refractivity (Wildman–Crippen MR) is 145 cm³/mol. The molecule has 3 aromatic carbocycles. The minimum atomic E-state index is 0.101. The summed E-state index contributed by atoms with van der Waals surface area (Å²) in [5.74, 6) is 2.38. The smallest absolute Gasteiger partial charge is 0.254 e. The molecule has 0 radical (unpaired) electrons. The molecule has 0 aliphatic carbocycles. The number of benzene rings is 3. The number of ether oxygens (including phenoxy) is 2. The number of carbonyl (C=O) groups excluding carboxylic acids is 1. The van der Waals surface area contributed by atoms with Crippen molar-refractivity contribution in [1.82, 2.24) is 9.80 Å². The highest BCUT2D eigenvalue weighted by Crippen LogP contribution is 2.35. The Labute approximate surface area is 215 Å². The number of carbonyl (C=O) groups is 1. The van der Waals surface area contributed by atoms with Gasteiger partial charge in [-0.2, -0.15) is 0 Å². The number of hydrogen-bond donors (Lipinski definition) is 0. The van der Waals surface area contributed by atoms with E-state index in [2.05, 4.69) is 62.1 Å². The molecule has 0 spiro atoms. The van der Waals surface area contributed by atoms with Crippen molar-refractivity contribution in [2.45, 2.75) is 39.3 Å². The number of nitrogens with zero attached hydrogens (tertiary/aromatic N) is 2. The average molecular weight is 487 g/mol. The summed E-state index contributed by atoms with van der Waals surface area (Å²) >= 11 is 0. The maximum atomic E-state index is 13.5. The summed E-state index contributed by atoms with van der Waals surface area (Å²) in [5, 5.41) is 0. The third-order valence-electron chi connectivity index (χ3n) is 7.18. The van der Waals surface area contributed by atoms with Gasteiger partial charge < -0.3 is 14.4 Å². The van der Waals surface area contributed by atoms with Crippen LogP contribution in [0.25, 0.3) is 0 Å². The van der Waals surface area contributed by atoms with E-state index in [9.17, 15) is 4.79 Å². The van der Waals surface area contributed by atoms with E-state index in [4.69, 9.17) is 9.47 Å². The zero-order chi connectivity index (χ0) is 25.7. The molecule has 1 fully saturated rings. The number of rotatable bonds is 9. The van der Waals surface area contributed by atoms with Crippen LogP contribution in [0.3, 0.4) is 0 Å². The molecule has 1 aliphatic rings. The van der Waals surface area contributed by atoms with Gasteiger partial charge in [-0.25, -0.2) is 0 Å². The fraction of sp³-hybridized carbons (Fsp3) is 0.387. The molecule has 1 heterocycles. The van der Waals surface area contributed by atoms with Crippen LogP contribution in [0.2, 0.25) is 0 Å². The largest absolute Gasteiger partial charge is 0.497 e. The molecule has 0 saturated carbocycles. The van der Waals surface area contributed by atoms with Crippen molar-refractivity contribution < 1.29 is 14.3 Å². The highest BCUT2D eigenvalue weighted by molar-refractivity contribution is 5.94. The van der Waals surface area contributed by atoms with E-state index in [-0.39, 0.29) is 11.9 Å². The molecular formula is C31H38N2O3. The van der Waals surface area contributed by atoms with Gasteiger partial charge in [0.1, 0.15) is 11.5 Å². The SMILES string of the molecule is COc1cc(CN2C[C@H](CN(C(=O)c3ccccc3)C(C)C)[C@@H](c3ccc(C)cc3)C2)cc(OC)c1. The fourth-order valence-corrected chi connectivity index (χ4v) is 5.21. The number of hydrogen-bond acceptors (Lipinski definition) is 4. The highest BCUT2D eigenvalue weighted by Gasteiger charge is 2.36. The summed E-state index contributed by atoms with van der Waals surface area (Å²) in [6.07, 6.45) is 0. The first-order chi connectivity index (χ1) is 17.4. The normalized spacial score (nSPS) is 17.8. The van der Waals surface area contributed by atoms with Crippen LogP contribution in [-0.4, -0.2) is 55.6 Å². The third-order valence-corrected chi connectivity index (χ3v) is 7.18. The van der Waals surface area contributed by atoms with Gasteiger partial charge in [-0.3, -0.25) is 9.69 Å². The lowest BCUT2D eigenvalue weighted by atomic mass is 9.88. The molecule has 0 bridgehead atoms. The van der Waals surface area contributed by atoms with Crippen LogP contribution >= 0.6 is 0 Å². The van der Waals surface area contributed by atoms with Crippen molar-refractivity contribution in [3.8, 4) is 11.5 Å². The molecule has 0 N–H and O–H groups in total. The summed E-state index contributed by atoms with van der Waals surface area (Å²) < 4.78 is 11.0. The minimum Gasteiger partial charge on any atom is -0.497 e. The molecule has 0 aromatic heterocycles. The van der Waals surface area contributed by atoms with Gasteiger partial charge in [0.25, 0.3) is 5.91 Å². The third kappa shape index (κ3) is 6.08. The van der Waals surface area contributed by atoms with Gasteiger partial charge in [-0.15, -0.1) is 0 Å². The molecule has 1 amide bonds. The summed E-state index contributed by atoms with van der Waals surface area (Å²) in [6.45, 7) is 9.73. The lowest BCUT2D eigenvalue weighted by molar-refractivity contribution is 0.0668. The topological polar surface area (TPSA) is 42.0 Å². The Hall–Kier alpha value is -3.31. The maximum Gasteiger partial charge on any atom is 0.254 e. The molecule has 1 aliphatic heterocycles. The Morgan fingerprint density at radius 2 is 1.58 bits per heavy atom. The van der Waals surface area contributed by atoms with E-state index in [1.165, 1.54) is 11.1 Å². The predicted octanol–water partition coefficient (Wildman–Crippen LogP) is 5.78. The second-order valence-corrected chi connectivity index (χ2v) is 10.1. The Morgan fingerprint density at radius 1 is 0.944 bits per heavy atom. The van der Waals surface area contributed by atoms with E-state index >= 15 is 0 Å². The molecule has 2 atom stereocenters. The van der Waals surface area contributed by atoms with Crippen molar-refractivity contribution in [3.05, 3.63) is 95.1 Å². The quantitative estimate of drug-likeness (QED) is 0.385. The molecule has 5 nitrogen and oxygen atoms in total. The molecule has 36 heavy (non-hydrogen) atoms. The maximum absolute atomic E-state index is 13.5. The lowest BCUT2D eigenvalue weighted by Gasteiger charge is -2.32. The number of likely N-dealkylation sites (tertiary alicyclic amines) is 1. The van der Waals surface area contributed by atoms with E-state index in [0.29, 0.717) is 11.8 Å². The van der Waals surface area contributed by atoms with Gasteiger partial charge in [0.2, 0.25) is 0 Å². The molecule has 3 aromatic rings. The van der Waals surface area contributed by atoms with Crippen LogP contribution in [-0.2, 0) is 6.54 Å². The number of methoxy groups -OCH3 is 2. The zero-order valence-corrected chi connectivity index (χ0v) is 22.1. The highest BCUT2D eigenvalue weighted by atomic mass is 16.5. The fourth-order valence-electron chi connectivity index (χ4n) is 5.21. The van der Waals surface area contributed by atoms with Gasteiger partial charge in [-0.05, 0) is 62.1 Å². The summed E-state index contributed by atoms with van der Waals surface area (Å²) in [5.41, 5.74) is 4.51. The van der Waals surface area contributed by atoms with E-state index in [0.717, 1.165) is 48.8 Å². The van der Waals surface area contributed by atoms with E-state index < -0.39 is 0 Å². The molecule has 5 heteroatoms. The average Bonchev–Trinajstić information content (AvgIpc) is 3.29. The monoisotopic (exact) mass is 486 g/mol. The summed E-state index contributed by atoms with van der Waals surface area (Å²) in [6, 6.07) is 24.7. The van der Waals surface area contributed by atoms with Crippen molar-refractivity contribution in [1.29, 1.82) is 0 Å². The van der Waals surface area contributed by atoms with Crippen molar-refractivity contribution in [2.75, 3.05) is 33.9 Å². The van der Waals surface area contributed by atoms with Crippen molar-refractivity contribution >= 4 is 5.91 Å². The second kappa shape index (κ2) is 11.6. The Balaban J connectivity index is 1.59. The first kappa shape index (κ1) is 25.8. The Bertz CT molecular complexity index is 1120. The Morgan fingerprint density at radius 3 is 2.17 bits per heavy atom. The summed E-state index contributed by atoms with van der Waals surface area (Å²) in [7, 11) is 3.37. The van der Waals surface area contributed by atoms with Gasteiger partial charge >= 0.3 is 0 Å². The van der Waals surface area contributed by atoms with Crippen LogP contribution in [0.1, 0.15) is 46.8 Å². The first-order valence-corrected chi connectivity index (χ1v) is 12.7. The number of aryl methyl sites for hydroxylation is 1. The van der Waals surface area contributed by atoms with Gasteiger partial charge in [0, 0.05) is 49.8 Å². The molecular weight excluding hydrogens is 448 g/mol. The second-order valence-electron chi connectivity index (χ2n) is 10.1. The van der Waals surface area contributed by atoms with E-state index in [1.807, 2.05) is 41.3 Å². The van der Waals surface area contributed by atoms with Crippen LogP contribution in [0.5, 0.6) is 11.5 Å². The first-order valence-electron chi connectivity index (χ1n) is 12.7. The minimum absolute atomic E-state index is 0.101. The summed E-state index contributed by atoms with van der Waals surface area (Å²) in [4.78, 5) is 18.0. The van der Waals surface area contributed by atoms with Gasteiger partial charge in [0.15, 0.2) is 0 Å². The van der Waals surface area contributed by atoms with Gasteiger partial charge in [-0.1, -0.05) is 48.0 Å². The standard InChI is InChI=1S/C31H38N2O3/c1-22(2)33(31(34)26-9-7-6-8-10-26)20-27-19-32(21-30(27)25-13-11-23(3)12-14-25)18-24-15-28(35-4)17-29(16-24)36-5/h6-17,22,27,30H,18-21H2,1-5H3/t27-,30-/m1/s1. The van der Waals surface area contributed by atoms with E-state index in [1.54, 1.807) is 14.2 Å². The lowest BCUT2D eigenvalue weighted by Crippen LogP contribution is -2.42. The Kier molecular flexibility index (Phi) is 8.32.